The minimum absolute atomic E-state index is 0.115. The fraction of sp³-hybridized carbons (Fsp3) is 0.471. The van der Waals surface area contributed by atoms with Crippen LogP contribution in [-0.4, -0.2) is 33.3 Å². The summed E-state index contributed by atoms with van der Waals surface area (Å²) >= 11 is 0. The van der Waals surface area contributed by atoms with Crippen molar-refractivity contribution < 1.29 is 19.0 Å². The second kappa shape index (κ2) is 8.32. The lowest BCUT2D eigenvalue weighted by Crippen LogP contribution is -2.34. The molecule has 0 aliphatic carbocycles. The molecule has 1 amide bonds. The average molecular weight is 307 g/mol. The Kier molecular flexibility index (Phi) is 6.76. The Labute approximate surface area is 132 Å². The highest BCUT2D eigenvalue weighted by Gasteiger charge is 2.14. The Bertz CT molecular complexity index is 538. The van der Waals surface area contributed by atoms with E-state index in [9.17, 15) is 4.79 Å². The zero-order valence-electron chi connectivity index (χ0n) is 14.1. The van der Waals surface area contributed by atoms with Crippen molar-refractivity contribution in [3.05, 3.63) is 23.8 Å². The summed E-state index contributed by atoms with van der Waals surface area (Å²) in [4.78, 5) is 11.9. The minimum atomic E-state index is -0.141. The van der Waals surface area contributed by atoms with Crippen LogP contribution >= 0.6 is 0 Å². The van der Waals surface area contributed by atoms with Crippen LogP contribution in [0.4, 0.5) is 0 Å². The smallest absolute Gasteiger partial charge is 0.244 e. The first-order chi connectivity index (χ1) is 10.4. The SMILES string of the molecule is COc1ccc(/C=C/C(=O)N[C@H](C)C(C)C)c(OC)c1OC. The van der Waals surface area contributed by atoms with Crippen LogP contribution in [-0.2, 0) is 4.79 Å². The third-order valence-electron chi connectivity index (χ3n) is 3.52. The van der Waals surface area contributed by atoms with E-state index < -0.39 is 0 Å². The number of methoxy groups -OCH3 is 3. The number of hydrogen-bond donors (Lipinski definition) is 1. The largest absolute Gasteiger partial charge is 0.493 e. The molecule has 0 bridgehead atoms. The predicted molar refractivity (Wildman–Crippen MR) is 87.6 cm³/mol. The molecule has 1 aromatic rings. The van der Waals surface area contributed by atoms with Gasteiger partial charge in [0.1, 0.15) is 0 Å². The van der Waals surface area contributed by atoms with Crippen LogP contribution in [0.5, 0.6) is 17.2 Å². The second-order valence-corrected chi connectivity index (χ2v) is 5.30. The summed E-state index contributed by atoms with van der Waals surface area (Å²) in [6.07, 6.45) is 3.19. The van der Waals surface area contributed by atoms with E-state index in [1.165, 1.54) is 6.08 Å². The molecule has 1 aromatic carbocycles. The van der Waals surface area contributed by atoms with E-state index in [0.29, 0.717) is 23.2 Å². The van der Waals surface area contributed by atoms with Crippen LogP contribution in [0.15, 0.2) is 18.2 Å². The maximum atomic E-state index is 11.9. The number of benzene rings is 1. The molecule has 0 spiro atoms. The van der Waals surface area contributed by atoms with Gasteiger partial charge in [-0.2, -0.15) is 0 Å². The summed E-state index contributed by atoms with van der Waals surface area (Å²) in [5.74, 6) is 1.85. The first kappa shape index (κ1) is 17.9. The molecule has 0 fully saturated rings. The van der Waals surface area contributed by atoms with Gasteiger partial charge in [0.25, 0.3) is 0 Å². The topological polar surface area (TPSA) is 56.8 Å². The van der Waals surface area contributed by atoms with Crippen molar-refractivity contribution in [3.8, 4) is 17.2 Å². The van der Waals surface area contributed by atoms with Gasteiger partial charge < -0.3 is 19.5 Å². The highest BCUT2D eigenvalue weighted by atomic mass is 16.5. The first-order valence-electron chi connectivity index (χ1n) is 7.22. The van der Waals surface area contributed by atoms with Crippen molar-refractivity contribution in [2.24, 2.45) is 5.92 Å². The van der Waals surface area contributed by atoms with E-state index in [0.717, 1.165) is 5.56 Å². The van der Waals surface area contributed by atoms with Crippen LogP contribution in [0.2, 0.25) is 0 Å². The van der Waals surface area contributed by atoms with Crippen molar-refractivity contribution in [3.63, 3.8) is 0 Å². The van der Waals surface area contributed by atoms with Crippen molar-refractivity contribution in [2.75, 3.05) is 21.3 Å². The van der Waals surface area contributed by atoms with Gasteiger partial charge in [0.05, 0.1) is 21.3 Å². The first-order valence-corrected chi connectivity index (χ1v) is 7.22. The molecule has 5 nitrogen and oxygen atoms in total. The number of rotatable bonds is 7. The Morgan fingerprint density at radius 3 is 2.18 bits per heavy atom. The average Bonchev–Trinajstić information content (AvgIpc) is 2.51. The van der Waals surface area contributed by atoms with Gasteiger partial charge in [0, 0.05) is 17.7 Å². The summed E-state index contributed by atoms with van der Waals surface area (Å²) in [6.45, 7) is 6.10. The molecule has 0 aromatic heterocycles. The lowest BCUT2D eigenvalue weighted by Gasteiger charge is -2.16. The van der Waals surface area contributed by atoms with E-state index in [2.05, 4.69) is 19.2 Å². The zero-order chi connectivity index (χ0) is 16.7. The van der Waals surface area contributed by atoms with Gasteiger partial charge in [0.2, 0.25) is 11.7 Å². The van der Waals surface area contributed by atoms with Gasteiger partial charge in [-0.15, -0.1) is 0 Å². The van der Waals surface area contributed by atoms with Crippen molar-refractivity contribution in [2.45, 2.75) is 26.8 Å². The normalized spacial score (nSPS) is 12.3. The van der Waals surface area contributed by atoms with E-state index in [-0.39, 0.29) is 11.9 Å². The van der Waals surface area contributed by atoms with Gasteiger partial charge in [-0.1, -0.05) is 13.8 Å². The van der Waals surface area contributed by atoms with Crippen LogP contribution in [0.3, 0.4) is 0 Å². The minimum Gasteiger partial charge on any atom is -0.493 e. The van der Waals surface area contributed by atoms with E-state index in [1.54, 1.807) is 33.5 Å². The van der Waals surface area contributed by atoms with Crippen LogP contribution < -0.4 is 19.5 Å². The van der Waals surface area contributed by atoms with Crippen LogP contribution in [0.1, 0.15) is 26.3 Å². The van der Waals surface area contributed by atoms with Gasteiger partial charge >= 0.3 is 0 Å². The molecule has 0 saturated heterocycles. The number of amides is 1. The number of carbonyl (C=O) groups excluding carboxylic acids is 1. The summed E-state index contributed by atoms with van der Waals surface area (Å²) < 4.78 is 15.9. The molecular formula is C17H25NO4. The molecule has 0 aliphatic heterocycles. The van der Waals surface area contributed by atoms with Crippen molar-refractivity contribution >= 4 is 12.0 Å². The zero-order valence-corrected chi connectivity index (χ0v) is 14.1. The fourth-order valence-corrected chi connectivity index (χ4v) is 1.86. The highest BCUT2D eigenvalue weighted by Crippen LogP contribution is 2.40. The third kappa shape index (κ3) is 4.41. The summed E-state index contributed by atoms with van der Waals surface area (Å²) in [7, 11) is 4.66. The molecule has 122 valence electrons. The standard InChI is InChI=1S/C17H25NO4/c1-11(2)12(3)18-15(19)10-8-13-7-9-14(20-4)17(22-6)16(13)21-5/h7-12H,1-6H3,(H,18,19)/b10-8+/t12-/m1/s1. The molecule has 22 heavy (non-hydrogen) atoms. The predicted octanol–water partition coefficient (Wildman–Crippen LogP) is 2.89. The molecule has 0 unspecified atom stereocenters. The lowest BCUT2D eigenvalue weighted by atomic mass is 10.1. The summed E-state index contributed by atoms with van der Waals surface area (Å²) in [6, 6.07) is 3.70. The molecule has 0 saturated carbocycles. The number of carbonyl (C=O) groups is 1. The summed E-state index contributed by atoms with van der Waals surface area (Å²) in [5.41, 5.74) is 0.743. The Morgan fingerprint density at radius 1 is 1.05 bits per heavy atom. The maximum Gasteiger partial charge on any atom is 0.244 e. The Hall–Kier alpha value is -2.17. The quantitative estimate of drug-likeness (QED) is 0.787. The van der Waals surface area contributed by atoms with Gasteiger partial charge in [-0.3, -0.25) is 4.79 Å². The third-order valence-corrected chi connectivity index (χ3v) is 3.52. The molecule has 5 heteroatoms. The van der Waals surface area contributed by atoms with Crippen molar-refractivity contribution in [1.29, 1.82) is 0 Å². The second-order valence-electron chi connectivity index (χ2n) is 5.30. The number of hydrogen-bond acceptors (Lipinski definition) is 4. The maximum absolute atomic E-state index is 11.9. The molecule has 1 rings (SSSR count). The summed E-state index contributed by atoms with van der Waals surface area (Å²) in [5, 5.41) is 2.92. The molecule has 1 N–H and O–H groups in total. The van der Waals surface area contributed by atoms with E-state index in [4.69, 9.17) is 14.2 Å². The molecule has 0 aliphatic rings. The highest BCUT2D eigenvalue weighted by molar-refractivity contribution is 5.92. The number of nitrogens with one attached hydrogen (secondary N) is 1. The fourth-order valence-electron chi connectivity index (χ4n) is 1.86. The van der Waals surface area contributed by atoms with Gasteiger partial charge in [0.15, 0.2) is 11.5 Å². The van der Waals surface area contributed by atoms with E-state index in [1.807, 2.05) is 13.0 Å². The molecule has 1 atom stereocenters. The van der Waals surface area contributed by atoms with Crippen LogP contribution in [0, 0.1) is 5.92 Å². The molecule has 0 heterocycles. The van der Waals surface area contributed by atoms with Crippen LogP contribution in [0.25, 0.3) is 6.08 Å². The Balaban J connectivity index is 2.98. The number of ether oxygens (including phenoxy) is 3. The Morgan fingerprint density at radius 2 is 1.68 bits per heavy atom. The molecular weight excluding hydrogens is 282 g/mol. The van der Waals surface area contributed by atoms with Gasteiger partial charge in [-0.05, 0) is 31.1 Å². The molecule has 0 radical (unpaired) electrons. The van der Waals surface area contributed by atoms with E-state index >= 15 is 0 Å². The van der Waals surface area contributed by atoms with Gasteiger partial charge in [-0.25, -0.2) is 0 Å². The lowest BCUT2D eigenvalue weighted by molar-refractivity contribution is -0.117. The van der Waals surface area contributed by atoms with Crippen molar-refractivity contribution in [1.82, 2.24) is 5.32 Å². The monoisotopic (exact) mass is 307 g/mol.